The molecule has 3 heterocycles. The second-order valence-corrected chi connectivity index (χ2v) is 10.7. The molecule has 208 valence electrons. The molecular formula is C30H28BrN7O3. The first-order valence-corrected chi connectivity index (χ1v) is 14.0. The van der Waals surface area contributed by atoms with E-state index in [1.807, 2.05) is 67.6 Å². The number of ether oxygens (including phenoxy) is 2. The number of fused-ring (bicyclic) bond motifs is 1. The molecule has 2 aromatic heterocycles. The van der Waals surface area contributed by atoms with Gasteiger partial charge in [-0.15, -0.1) is 0 Å². The molecule has 1 aliphatic rings. The molecule has 0 aliphatic carbocycles. The summed E-state index contributed by atoms with van der Waals surface area (Å²) >= 11 is 3.64. The predicted molar refractivity (Wildman–Crippen MR) is 161 cm³/mol. The van der Waals surface area contributed by atoms with Crippen molar-refractivity contribution in [2.24, 2.45) is 0 Å². The molecule has 1 aliphatic heterocycles. The number of morpholine rings is 1. The van der Waals surface area contributed by atoms with Crippen LogP contribution < -0.4 is 15.8 Å². The zero-order chi connectivity index (χ0) is 28.3. The molecule has 41 heavy (non-hydrogen) atoms. The fourth-order valence-corrected chi connectivity index (χ4v) is 5.22. The first kappa shape index (κ1) is 26.9. The van der Waals surface area contributed by atoms with Gasteiger partial charge >= 0.3 is 0 Å². The Labute approximate surface area is 245 Å². The number of anilines is 2. The molecule has 0 bridgehead atoms. The van der Waals surface area contributed by atoms with Gasteiger partial charge in [0.05, 0.1) is 24.3 Å². The number of nitrogens with zero attached hydrogens (tertiary/aromatic N) is 4. The molecule has 11 heteroatoms. The van der Waals surface area contributed by atoms with Crippen LogP contribution >= 0.6 is 15.9 Å². The van der Waals surface area contributed by atoms with Crippen molar-refractivity contribution in [2.75, 3.05) is 37.4 Å². The first-order chi connectivity index (χ1) is 19.9. The van der Waals surface area contributed by atoms with Crippen LogP contribution in [0.25, 0.3) is 22.3 Å². The molecule has 4 N–H and O–H groups in total. The zero-order valence-corrected chi connectivity index (χ0v) is 23.9. The summed E-state index contributed by atoms with van der Waals surface area (Å²) in [6.45, 7) is 6.08. The smallest absolute Gasteiger partial charge is 0.255 e. The van der Waals surface area contributed by atoms with Gasteiger partial charge in [0.1, 0.15) is 23.6 Å². The molecule has 6 rings (SSSR count). The van der Waals surface area contributed by atoms with Gasteiger partial charge < -0.3 is 20.5 Å². The highest BCUT2D eigenvalue weighted by atomic mass is 79.9. The van der Waals surface area contributed by atoms with Crippen LogP contribution in [-0.4, -0.2) is 57.3 Å². The molecule has 0 spiro atoms. The number of nitrogens with two attached hydrogens (primary N) is 1. The van der Waals surface area contributed by atoms with Crippen LogP contribution in [0.4, 0.5) is 11.5 Å². The molecule has 5 aromatic rings. The third-order valence-electron chi connectivity index (χ3n) is 7.01. The summed E-state index contributed by atoms with van der Waals surface area (Å²) in [5.41, 5.74) is 11.5. The first-order valence-electron chi connectivity index (χ1n) is 13.2. The largest absolute Gasteiger partial charge is 0.457 e. The SMILES string of the molecule is Cc1ccc(NC(=O)c2ccc(CN3CCOCC3)c(Br)c2)cc1Oc1ccc(-c2[nH]nc3ncnc(N)c23)cc1. The number of hydrogen-bond acceptors (Lipinski definition) is 8. The monoisotopic (exact) mass is 613 g/mol. The van der Waals surface area contributed by atoms with Gasteiger partial charge in [-0.05, 0) is 60.5 Å². The average molecular weight is 615 g/mol. The highest BCUT2D eigenvalue weighted by Crippen LogP contribution is 2.32. The maximum absolute atomic E-state index is 13.1. The van der Waals surface area contributed by atoms with Crippen molar-refractivity contribution in [3.63, 3.8) is 0 Å². The molecular weight excluding hydrogens is 586 g/mol. The van der Waals surface area contributed by atoms with Gasteiger partial charge in [0.15, 0.2) is 5.65 Å². The maximum Gasteiger partial charge on any atom is 0.255 e. The Kier molecular flexibility index (Phi) is 7.64. The number of H-pyrrole nitrogens is 1. The van der Waals surface area contributed by atoms with Crippen molar-refractivity contribution < 1.29 is 14.3 Å². The minimum absolute atomic E-state index is 0.196. The van der Waals surface area contributed by atoms with Gasteiger partial charge in [-0.3, -0.25) is 14.8 Å². The number of amides is 1. The maximum atomic E-state index is 13.1. The summed E-state index contributed by atoms with van der Waals surface area (Å²) in [5, 5.41) is 10.9. The number of halogens is 1. The van der Waals surface area contributed by atoms with Crippen LogP contribution in [0.1, 0.15) is 21.5 Å². The van der Waals surface area contributed by atoms with E-state index in [0.29, 0.717) is 39.6 Å². The Morgan fingerprint density at radius 2 is 1.90 bits per heavy atom. The lowest BCUT2D eigenvalue weighted by molar-refractivity contribution is 0.0341. The molecule has 0 unspecified atom stereocenters. The van der Waals surface area contributed by atoms with Crippen LogP contribution in [0.2, 0.25) is 0 Å². The van der Waals surface area contributed by atoms with Gasteiger partial charge in [0, 0.05) is 47.0 Å². The van der Waals surface area contributed by atoms with Gasteiger partial charge in [-0.25, -0.2) is 9.97 Å². The summed E-state index contributed by atoms with van der Waals surface area (Å²) in [6.07, 6.45) is 1.39. The molecule has 0 atom stereocenters. The van der Waals surface area contributed by atoms with E-state index in [1.54, 1.807) is 0 Å². The summed E-state index contributed by atoms with van der Waals surface area (Å²) in [6, 6.07) is 18.9. The Hall–Kier alpha value is -4.32. The van der Waals surface area contributed by atoms with Crippen LogP contribution in [0.5, 0.6) is 11.5 Å². The molecule has 1 amide bonds. The van der Waals surface area contributed by atoms with E-state index < -0.39 is 0 Å². The van der Waals surface area contributed by atoms with E-state index in [9.17, 15) is 4.79 Å². The second-order valence-electron chi connectivity index (χ2n) is 9.81. The Balaban J connectivity index is 1.14. The highest BCUT2D eigenvalue weighted by molar-refractivity contribution is 9.10. The van der Waals surface area contributed by atoms with E-state index >= 15 is 0 Å². The quantitative estimate of drug-likeness (QED) is 0.218. The summed E-state index contributed by atoms with van der Waals surface area (Å²) in [4.78, 5) is 23.6. The Morgan fingerprint density at radius 3 is 2.68 bits per heavy atom. The zero-order valence-electron chi connectivity index (χ0n) is 22.4. The summed E-state index contributed by atoms with van der Waals surface area (Å²) in [5.74, 6) is 1.46. The number of aryl methyl sites for hydroxylation is 1. The van der Waals surface area contributed by atoms with Crippen molar-refractivity contribution in [2.45, 2.75) is 13.5 Å². The predicted octanol–water partition coefficient (Wildman–Crippen LogP) is 5.55. The van der Waals surface area contributed by atoms with Crippen molar-refractivity contribution in [1.82, 2.24) is 25.1 Å². The van der Waals surface area contributed by atoms with Crippen LogP contribution in [0.15, 0.2) is 71.5 Å². The van der Waals surface area contributed by atoms with Gasteiger partial charge in [0.2, 0.25) is 0 Å². The minimum Gasteiger partial charge on any atom is -0.457 e. The molecule has 3 aromatic carbocycles. The lowest BCUT2D eigenvalue weighted by Crippen LogP contribution is -2.35. The van der Waals surface area contributed by atoms with Crippen LogP contribution in [0, 0.1) is 6.92 Å². The van der Waals surface area contributed by atoms with Gasteiger partial charge in [-0.2, -0.15) is 5.10 Å². The number of nitrogen functional groups attached to an aromatic ring is 1. The molecule has 0 saturated carbocycles. The number of carbonyl (C=O) groups excluding carboxylic acids is 1. The summed E-state index contributed by atoms with van der Waals surface area (Å²) < 4.78 is 12.5. The second kappa shape index (κ2) is 11.7. The van der Waals surface area contributed by atoms with E-state index in [1.165, 1.54) is 6.33 Å². The van der Waals surface area contributed by atoms with Crippen molar-refractivity contribution >= 4 is 44.4 Å². The number of aromatic amines is 1. The van der Waals surface area contributed by atoms with Gasteiger partial charge in [0.25, 0.3) is 5.91 Å². The number of rotatable bonds is 7. The number of carbonyl (C=O) groups is 1. The van der Waals surface area contributed by atoms with Crippen LogP contribution in [-0.2, 0) is 11.3 Å². The third kappa shape index (κ3) is 5.92. The summed E-state index contributed by atoms with van der Waals surface area (Å²) in [7, 11) is 0. The molecule has 1 saturated heterocycles. The van der Waals surface area contributed by atoms with Crippen molar-refractivity contribution in [3.05, 3.63) is 88.2 Å². The molecule has 1 fully saturated rings. The van der Waals surface area contributed by atoms with E-state index in [4.69, 9.17) is 15.2 Å². The van der Waals surface area contributed by atoms with Crippen molar-refractivity contribution in [1.29, 1.82) is 0 Å². The van der Waals surface area contributed by atoms with Crippen molar-refractivity contribution in [3.8, 4) is 22.8 Å². The number of aromatic nitrogens is 4. The minimum atomic E-state index is -0.196. The van der Waals surface area contributed by atoms with Crippen LogP contribution in [0.3, 0.4) is 0 Å². The fourth-order valence-electron chi connectivity index (χ4n) is 4.71. The normalized spacial score (nSPS) is 13.8. The lowest BCUT2D eigenvalue weighted by Gasteiger charge is -2.27. The third-order valence-corrected chi connectivity index (χ3v) is 7.75. The number of benzene rings is 3. The molecule has 0 radical (unpaired) electrons. The fraction of sp³-hybridized carbons (Fsp3) is 0.200. The van der Waals surface area contributed by atoms with E-state index in [0.717, 1.165) is 59.7 Å². The topological polar surface area (TPSA) is 131 Å². The molecule has 10 nitrogen and oxygen atoms in total. The van der Waals surface area contributed by atoms with E-state index in [2.05, 4.69) is 46.3 Å². The Morgan fingerprint density at radius 1 is 1.10 bits per heavy atom. The van der Waals surface area contributed by atoms with Gasteiger partial charge in [-0.1, -0.05) is 28.1 Å². The Bertz CT molecular complexity index is 1720. The lowest BCUT2D eigenvalue weighted by atomic mass is 10.1. The standard InChI is InChI=1S/C30H28BrN7O3/c1-18-2-7-22(35-30(39)20-3-4-21(24(31)14-20)16-38-10-12-40-13-11-38)15-25(18)41-23-8-5-19(6-9-23)27-26-28(32)33-17-34-29(26)37-36-27/h2-9,14-15,17H,10-13,16H2,1H3,(H,35,39)(H3,32,33,34,36,37). The highest BCUT2D eigenvalue weighted by Gasteiger charge is 2.16. The average Bonchev–Trinajstić information content (AvgIpc) is 3.42. The number of nitrogens with one attached hydrogen (secondary N) is 2. The number of hydrogen-bond donors (Lipinski definition) is 3. The van der Waals surface area contributed by atoms with E-state index in [-0.39, 0.29) is 5.91 Å².